The molecule has 1 saturated heterocycles. The summed E-state index contributed by atoms with van der Waals surface area (Å²) >= 11 is 0. The van der Waals surface area contributed by atoms with Crippen molar-refractivity contribution in [3.63, 3.8) is 0 Å². The molecular weight excluding hydrogens is 569 g/mol. The van der Waals surface area contributed by atoms with Crippen molar-refractivity contribution in [2.24, 2.45) is 5.73 Å². The molecule has 43 heavy (non-hydrogen) atoms. The molecule has 1 aromatic carbocycles. The van der Waals surface area contributed by atoms with Gasteiger partial charge in [0.1, 0.15) is 18.4 Å². The molecule has 1 aliphatic heterocycles. The number of aromatic nitrogens is 1. The number of nitrogens with two attached hydrogens (primary N) is 1. The molecule has 1 aromatic heterocycles. The van der Waals surface area contributed by atoms with Crippen molar-refractivity contribution in [1.82, 2.24) is 25.0 Å². The molecule has 0 aliphatic carbocycles. The quantitative estimate of drug-likeness (QED) is 0.416. The predicted molar refractivity (Wildman–Crippen MR) is 153 cm³/mol. The average molecular weight is 609 g/mol. The highest BCUT2D eigenvalue weighted by molar-refractivity contribution is 5.90. The van der Waals surface area contributed by atoms with Crippen molar-refractivity contribution < 1.29 is 37.1 Å². The predicted octanol–water partition coefficient (Wildman–Crippen LogP) is 2.01. The summed E-state index contributed by atoms with van der Waals surface area (Å²) in [6.45, 7) is 1.27. The van der Waals surface area contributed by atoms with Crippen LogP contribution in [0.4, 0.5) is 18.0 Å². The second-order valence-corrected chi connectivity index (χ2v) is 10.8. The maximum absolute atomic E-state index is 12.9. The first-order valence-corrected chi connectivity index (χ1v) is 13.5. The molecule has 4 amide bonds. The van der Waals surface area contributed by atoms with E-state index in [0.717, 1.165) is 11.9 Å². The van der Waals surface area contributed by atoms with Crippen LogP contribution < -0.4 is 11.1 Å². The number of alkyl halides is 3. The van der Waals surface area contributed by atoms with Crippen LogP contribution in [0.5, 0.6) is 0 Å². The van der Waals surface area contributed by atoms with Gasteiger partial charge in [-0.2, -0.15) is 13.2 Å². The SMILES string of the molecule is CN(CC(F)(F)F)C(=O)N1CCN(C(=O)CNC(=O)C(C)(C)N)CC1(C=O)Cc1ccccn1.COCc1ccccc1. The molecule has 236 valence electrons. The lowest BCUT2D eigenvalue weighted by Gasteiger charge is -2.48. The fourth-order valence-electron chi connectivity index (χ4n) is 4.33. The van der Waals surface area contributed by atoms with Gasteiger partial charge in [0.25, 0.3) is 0 Å². The second-order valence-electron chi connectivity index (χ2n) is 10.8. The number of carbonyl (C=O) groups is 4. The molecule has 2 heterocycles. The molecule has 1 unspecified atom stereocenters. The monoisotopic (exact) mass is 608 g/mol. The fraction of sp³-hybridized carbons (Fsp3) is 0.483. The molecule has 3 N–H and O–H groups in total. The summed E-state index contributed by atoms with van der Waals surface area (Å²) in [5.74, 6) is -1.08. The number of urea groups is 1. The molecular formula is C29H39F3N6O5. The van der Waals surface area contributed by atoms with E-state index in [1.54, 1.807) is 25.3 Å². The highest BCUT2D eigenvalue weighted by Gasteiger charge is 2.47. The van der Waals surface area contributed by atoms with Gasteiger partial charge in [-0.05, 0) is 31.5 Å². The van der Waals surface area contributed by atoms with Gasteiger partial charge >= 0.3 is 12.2 Å². The number of methoxy groups -OCH3 is 1. The van der Waals surface area contributed by atoms with Crippen molar-refractivity contribution in [2.45, 2.75) is 44.1 Å². The normalized spacial score (nSPS) is 16.9. The van der Waals surface area contributed by atoms with E-state index in [-0.39, 0.29) is 32.6 Å². The molecule has 2 aromatic rings. The smallest absolute Gasteiger partial charge is 0.380 e. The Bertz CT molecular complexity index is 1210. The van der Waals surface area contributed by atoms with E-state index in [0.29, 0.717) is 23.5 Å². The third-order valence-electron chi connectivity index (χ3n) is 6.49. The summed E-state index contributed by atoms with van der Waals surface area (Å²) in [6.07, 6.45) is -2.80. The van der Waals surface area contributed by atoms with Gasteiger partial charge < -0.3 is 35.3 Å². The van der Waals surface area contributed by atoms with Gasteiger partial charge in [-0.15, -0.1) is 0 Å². The number of nitrogens with one attached hydrogen (secondary N) is 1. The Morgan fingerprint density at radius 2 is 1.77 bits per heavy atom. The highest BCUT2D eigenvalue weighted by Crippen LogP contribution is 2.27. The first-order valence-electron chi connectivity index (χ1n) is 13.5. The number of hydrogen-bond acceptors (Lipinski definition) is 7. The molecule has 3 rings (SSSR count). The number of rotatable bonds is 9. The van der Waals surface area contributed by atoms with E-state index in [2.05, 4.69) is 10.3 Å². The van der Waals surface area contributed by atoms with Gasteiger partial charge in [0.2, 0.25) is 11.8 Å². The Labute approximate surface area is 249 Å². The molecule has 0 spiro atoms. The van der Waals surface area contributed by atoms with Gasteiger partial charge in [0, 0.05) is 45.6 Å². The molecule has 1 aliphatic rings. The zero-order valence-corrected chi connectivity index (χ0v) is 24.8. The Balaban J connectivity index is 0.000000609. The van der Waals surface area contributed by atoms with Gasteiger partial charge in [0.05, 0.1) is 25.2 Å². The maximum Gasteiger partial charge on any atom is 0.406 e. The molecule has 14 heteroatoms. The molecule has 1 fully saturated rings. The van der Waals surface area contributed by atoms with E-state index in [1.165, 1.54) is 30.5 Å². The lowest BCUT2D eigenvalue weighted by atomic mass is 9.89. The Morgan fingerprint density at radius 3 is 2.30 bits per heavy atom. The number of ether oxygens (including phenoxy) is 1. The van der Waals surface area contributed by atoms with Crippen molar-refractivity contribution in [2.75, 3.05) is 46.9 Å². The van der Waals surface area contributed by atoms with Crippen LogP contribution in [0.1, 0.15) is 25.1 Å². The number of benzene rings is 1. The molecule has 1 atom stereocenters. The zero-order chi connectivity index (χ0) is 32.3. The standard InChI is InChI=1S/C21H29F3N6O4.C8H10O/c1-19(2,25)17(33)27-11-16(32)29-8-9-30(18(34)28(3)13-21(22,23)24)20(12-29,14-31)10-15-6-4-5-7-26-15;1-9-7-8-5-3-2-4-6-8/h4-7,14H,8-13,25H2,1-3H3,(H,27,33);2-6H,7H2,1H3. The fourth-order valence-corrected chi connectivity index (χ4v) is 4.33. The number of aldehydes is 1. The first-order chi connectivity index (χ1) is 20.1. The van der Waals surface area contributed by atoms with E-state index < -0.39 is 41.6 Å². The third kappa shape index (κ3) is 10.9. The van der Waals surface area contributed by atoms with Crippen LogP contribution in [0, 0.1) is 0 Å². The number of halogens is 3. The lowest BCUT2D eigenvalue weighted by Crippen LogP contribution is -2.69. The van der Waals surface area contributed by atoms with Gasteiger partial charge in [-0.3, -0.25) is 14.6 Å². The van der Waals surface area contributed by atoms with Crippen LogP contribution in [0.3, 0.4) is 0 Å². The van der Waals surface area contributed by atoms with E-state index in [9.17, 15) is 32.3 Å². The highest BCUT2D eigenvalue weighted by atomic mass is 19.4. The van der Waals surface area contributed by atoms with E-state index in [4.69, 9.17) is 10.5 Å². The van der Waals surface area contributed by atoms with Crippen molar-refractivity contribution >= 4 is 24.1 Å². The van der Waals surface area contributed by atoms with Crippen LogP contribution in [0.25, 0.3) is 0 Å². The van der Waals surface area contributed by atoms with Crippen molar-refractivity contribution in [1.29, 1.82) is 0 Å². The number of nitrogens with zero attached hydrogens (tertiary/aromatic N) is 4. The van der Waals surface area contributed by atoms with Crippen LogP contribution >= 0.6 is 0 Å². The average Bonchev–Trinajstić information content (AvgIpc) is 2.95. The summed E-state index contributed by atoms with van der Waals surface area (Å²) in [7, 11) is 2.70. The number of amides is 4. The minimum absolute atomic E-state index is 0.0376. The van der Waals surface area contributed by atoms with Crippen molar-refractivity contribution in [3.8, 4) is 0 Å². The Morgan fingerprint density at radius 1 is 1.12 bits per heavy atom. The molecule has 11 nitrogen and oxygen atoms in total. The lowest BCUT2D eigenvalue weighted by molar-refractivity contribution is -0.143. The van der Waals surface area contributed by atoms with Gasteiger partial charge in [-0.25, -0.2) is 4.79 Å². The Kier molecular flexibility index (Phi) is 12.6. The molecule has 0 bridgehead atoms. The van der Waals surface area contributed by atoms with Crippen LogP contribution in [-0.2, 0) is 32.1 Å². The first kappa shape index (κ1) is 35.2. The minimum atomic E-state index is -4.62. The number of piperazine rings is 1. The minimum Gasteiger partial charge on any atom is -0.380 e. The van der Waals surface area contributed by atoms with E-state index in [1.807, 2.05) is 30.3 Å². The topological polar surface area (TPSA) is 138 Å². The molecule has 0 radical (unpaired) electrons. The van der Waals surface area contributed by atoms with Crippen LogP contribution in [-0.4, -0.2) is 108 Å². The summed E-state index contributed by atoms with van der Waals surface area (Å²) in [5.41, 5.74) is 4.47. The number of carbonyl (C=O) groups excluding carboxylic acids is 4. The molecule has 0 saturated carbocycles. The third-order valence-corrected chi connectivity index (χ3v) is 6.49. The van der Waals surface area contributed by atoms with Gasteiger partial charge in [0.15, 0.2) is 0 Å². The largest absolute Gasteiger partial charge is 0.406 e. The summed E-state index contributed by atoms with van der Waals surface area (Å²) in [6, 6.07) is 14.0. The summed E-state index contributed by atoms with van der Waals surface area (Å²) < 4.78 is 43.5. The maximum atomic E-state index is 12.9. The van der Waals surface area contributed by atoms with E-state index >= 15 is 0 Å². The number of pyridine rings is 1. The Hall–Kier alpha value is -4.04. The van der Waals surface area contributed by atoms with Crippen molar-refractivity contribution in [3.05, 3.63) is 66.0 Å². The summed E-state index contributed by atoms with van der Waals surface area (Å²) in [5, 5.41) is 2.42. The summed E-state index contributed by atoms with van der Waals surface area (Å²) in [4.78, 5) is 57.0. The zero-order valence-electron chi connectivity index (χ0n) is 24.8. The van der Waals surface area contributed by atoms with Gasteiger partial charge in [-0.1, -0.05) is 36.4 Å². The second kappa shape index (κ2) is 15.4. The van der Waals surface area contributed by atoms with Crippen LogP contribution in [0.15, 0.2) is 54.7 Å². The van der Waals surface area contributed by atoms with Crippen LogP contribution in [0.2, 0.25) is 0 Å². The number of hydrogen-bond donors (Lipinski definition) is 2.